The number of piperidine rings is 1. The molecule has 2 aromatic heterocycles. The largest absolute Gasteiger partial charge is 0.444 e. The van der Waals surface area contributed by atoms with E-state index in [0.717, 1.165) is 38.0 Å². The third kappa shape index (κ3) is 16.7. The van der Waals surface area contributed by atoms with E-state index in [0.29, 0.717) is 17.7 Å². The molecule has 0 radical (unpaired) electrons. The van der Waals surface area contributed by atoms with Gasteiger partial charge in [-0.05, 0) is 103 Å². The first-order chi connectivity index (χ1) is 20.1. The molecule has 1 atom stereocenters. The fourth-order valence-corrected chi connectivity index (χ4v) is 4.79. The fraction of sp³-hybridized carbons (Fsp3) is 0.655. The van der Waals surface area contributed by atoms with Crippen molar-refractivity contribution in [2.75, 3.05) is 18.0 Å². The molecule has 1 aliphatic heterocycles. The Labute approximate surface area is 269 Å². The highest BCUT2D eigenvalue weighted by Crippen LogP contribution is 2.20. The van der Waals surface area contributed by atoms with E-state index in [4.69, 9.17) is 44.3 Å². The Bertz CT molecular complexity index is 1140. The second-order valence-electron chi connectivity index (χ2n) is 12.2. The van der Waals surface area contributed by atoms with E-state index >= 15 is 0 Å². The molecule has 0 bridgehead atoms. The Morgan fingerprint density at radius 3 is 1.77 bits per heavy atom. The molecule has 1 unspecified atom stereocenters. The summed E-state index contributed by atoms with van der Waals surface area (Å²) in [5.74, 6) is 0.783. The second kappa shape index (κ2) is 17.6. The van der Waals surface area contributed by atoms with Crippen LogP contribution in [0.1, 0.15) is 86.5 Å². The van der Waals surface area contributed by atoms with Gasteiger partial charge in [-0.25, -0.2) is 29.5 Å². The quantitative estimate of drug-likeness (QED) is 0.258. The van der Waals surface area contributed by atoms with Crippen LogP contribution in [0.2, 0.25) is 15.7 Å². The maximum atomic E-state index is 11.8. The molecule has 4 rings (SSSR count). The van der Waals surface area contributed by atoms with Gasteiger partial charge in [0.1, 0.15) is 22.2 Å². The first-order valence-corrected chi connectivity index (χ1v) is 15.6. The van der Waals surface area contributed by atoms with E-state index < -0.39 is 11.2 Å². The number of rotatable bonds is 3. The van der Waals surface area contributed by atoms with Gasteiger partial charge in [-0.3, -0.25) is 0 Å². The van der Waals surface area contributed by atoms with E-state index in [9.17, 15) is 9.59 Å². The van der Waals surface area contributed by atoms with Crippen LogP contribution >= 0.6 is 34.8 Å². The van der Waals surface area contributed by atoms with Crippen LogP contribution < -0.4 is 15.5 Å². The summed E-state index contributed by atoms with van der Waals surface area (Å²) in [4.78, 5) is 40.6. The lowest BCUT2D eigenvalue weighted by Crippen LogP contribution is -2.49. The molecule has 2 aliphatic rings. The molecule has 2 amide bonds. The summed E-state index contributed by atoms with van der Waals surface area (Å²) in [7, 11) is 0. The van der Waals surface area contributed by atoms with Crippen LogP contribution in [0.25, 0.3) is 0 Å². The number of carbonyl (C=O) groups is 2. The monoisotopic (exact) mass is 659 g/mol. The molecule has 1 aliphatic carbocycles. The highest BCUT2D eigenvalue weighted by molar-refractivity contribution is 6.31. The first-order valence-electron chi connectivity index (χ1n) is 14.5. The minimum atomic E-state index is -0.487. The molecule has 2 aromatic rings. The van der Waals surface area contributed by atoms with Crippen LogP contribution in [-0.4, -0.2) is 68.5 Å². The Kier molecular flexibility index (Phi) is 15.0. The number of alkyl carbamates (subject to hydrolysis) is 2. The third-order valence-electron chi connectivity index (χ3n) is 6.00. The third-order valence-corrected chi connectivity index (χ3v) is 6.57. The summed E-state index contributed by atoms with van der Waals surface area (Å²) < 4.78 is 10.5. The van der Waals surface area contributed by atoms with Gasteiger partial charge in [0.05, 0.1) is 0 Å². The normalized spacial score (nSPS) is 17.3. The standard InChI is InChI=1S/C14H21ClN4O2.C11H21NO2.C4H2Cl2N2/c1-14(2,3)21-13(20)17-10-5-4-8-19(9-10)11-6-7-16-12(15)18-11;1-11(2,3)14-10(13)12-9-7-5-4-6-8-9;5-3-1-2-7-4(6)8-3/h6-7,10H,4-5,8-9H2,1-3H3,(H,17,20);9H,4-8H2,1-3H3,(H,12,13);1-2H. The highest BCUT2D eigenvalue weighted by Gasteiger charge is 2.25. The van der Waals surface area contributed by atoms with Crippen molar-refractivity contribution in [3.05, 3.63) is 40.2 Å². The van der Waals surface area contributed by atoms with Gasteiger partial charge in [0, 0.05) is 37.6 Å². The molecule has 1 saturated carbocycles. The van der Waals surface area contributed by atoms with Crippen molar-refractivity contribution in [1.29, 1.82) is 0 Å². The van der Waals surface area contributed by atoms with E-state index in [1.807, 2.05) is 47.6 Å². The summed E-state index contributed by atoms with van der Waals surface area (Å²) in [5.41, 5.74) is -0.878. The molecule has 14 heteroatoms. The maximum absolute atomic E-state index is 11.8. The number of aromatic nitrogens is 4. The molecule has 2 N–H and O–H groups in total. The van der Waals surface area contributed by atoms with Gasteiger partial charge in [-0.1, -0.05) is 30.9 Å². The number of amides is 2. The van der Waals surface area contributed by atoms with Crippen molar-refractivity contribution in [3.63, 3.8) is 0 Å². The van der Waals surface area contributed by atoms with Gasteiger partial charge in [0.2, 0.25) is 10.6 Å². The Morgan fingerprint density at radius 1 is 0.767 bits per heavy atom. The number of anilines is 1. The fourth-order valence-electron chi connectivity index (χ4n) is 4.32. The second-order valence-corrected chi connectivity index (χ2v) is 13.3. The molecule has 0 spiro atoms. The molecule has 0 aromatic carbocycles. The Morgan fingerprint density at radius 2 is 1.28 bits per heavy atom. The van der Waals surface area contributed by atoms with Crippen LogP contribution in [0.5, 0.6) is 0 Å². The minimum Gasteiger partial charge on any atom is -0.444 e. The summed E-state index contributed by atoms with van der Waals surface area (Å²) >= 11 is 16.6. The molecule has 3 heterocycles. The zero-order chi connectivity index (χ0) is 32.0. The van der Waals surface area contributed by atoms with Crippen molar-refractivity contribution in [1.82, 2.24) is 30.6 Å². The number of halogens is 3. The van der Waals surface area contributed by atoms with Gasteiger partial charge in [-0.15, -0.1) is 0 Å². The van der Waals surface area contributed by atoms with E-state index in [2.05, 4.69) is 35.5 Å². The lowest BCUT2D eigenvalue weighted by Gasteiger charge is -2.34. The molecule has 2 fully saturated rings. The van der Waals surface area contributed by atoms with E-state index in [1.165, 1.54) is 25.5 Å². The zero-order valence-electron chi connectivity index (χ0n) is 25.8. The number of hydrogen-bond acceptors (Lipinski definition) is 9. The van der Waals surface area contributed by atoms with Crippen molar-refractivity contribution in [2.24, 2.45) is 0 Å². The number of nitrogens with zero attached hydrogens (tertiary/aromatic N) is 5. The summed E-state index contributed by atoms with van der Waals surface area (Å²) in [5, 5.41) is 6.60. The van der Waals surface area contributed by atoms with Crippen molar-refractivity contribution < 1.29 is 19.1 Å². The van der Waals surface area contributed by atoms with Crippen LogP contribution in [-0.2, 0) is 9.47 Å². The van der Waals surface area contributed by atoms with Crippen LogP contribution in [0, 0.1) is 0 Å². The molecular weight excluding hydrogens is 617 g/mol. The highest BCUT2D eigenvalue weighted by atomic mass is 35.5. The van der Waals surface area contributed by atoms with E-state index in [1.54, 1.807) is 12.3 Å². The van der Waals surface area contributed by atoms with Crippen molar-refractivity contribution >= 4 is 52.8 Å². The number of ether oxygens (including phenoxy) is 2. The smallest absolute Gasteiger partial charge is 0.407 e. The van der Waals surface area contributed by atoms with Crippen LogP contribution in [0.3, 0.4) is 0 Å². The summed E-state index contributed by atoms with van der Waals surface area (Å²) in [6, 6.07) is 3.76. The summed E-state index contributed by atoms with van der Waals surface area (Å²) in [6.07, 6.45) is 10.3. The zero-order valence-corrected chi connectivity index (χ0v) is 28.1. The molecule has 43 heavy (non-hydrogen) atoms. The lowest BCUT2D eigenvalue weighted by molar-refractivity contribution is 0.0484. The SMILES string of the molecule is CC(C)(C)OC(=O)NC1CCCCC1.CC(C)(C)OC(=O)NC1CCCN(c2ccnc(Cl)n2)C1.Clc1ccnc(Cl)n1. The van der Waals surface area contributed by atoms with Crippen LogP contribution in [0.15, 0.2) is 24.5 Å². The van der Waals surface area contributed by atoms with Gasteiger partial charge in [0.15, 0.2) is 0 Å². The predicted octanol–water partition coefficient (Wildman–Crippen LogP) is 7.25. The lowest BCUT2D eigenvalue weighted by atomic mass is 9.96. The molecule has 1 saturated heterocycles. The van der Waals surface area contributed by atoms with E-state index in [-0.39, 0.29) is 28.8 Å². The molecular formula is C29H44Cl3N7O4. The molecule has 11 nitrogen and oxygen atoms in total. The predicted molar refractivity (Wildman–Crippen MR) is 170 cm³/mol. The average molecular weight is 661 g/mol. The number of hydrogen-bond donors (Lipinski definition) is 2. The first kappa shape index (κ1) is 36.6. The van der Waals surface area contributed by atoms with Crippen LogP contribution in [0.4, 0.5) is 15.4 Å². The summed E-state index contributed by atoms with van der Waals surface area (Å²) in [6.45, 7) is 12.8. The van der Waals surface area contributed by atoms with Crippen molar-refractivity contribution in [3.8, 4) is 0 Å². The van der Waals surface area contributed by atoms with Crippen molar-refractivity contribution in [2.45, 2.75) is 110 Å². The minimum absolute atomic E-state index is 0.0438. The topological polar surface area (TPSA) is 131 Å². The maximum Gasteiger partial charge on any atom is 0.407 e. The van der Waals surface area contributed by atoms with Gasteiger partial charge in [0.25, 0.3) is 0 Å². The van der Waals surface area contributed by atoms with Gasteiger partial charge < -0.3 is 25.0 Å². The Balaban J connectivity index is 0.000000251. The van der Waals surface area contributed by atoms with Gasteiger partial charge in [-0.2, -0.15) is 0 Å². The number of nitrogens with one attached hydrogen (secondary N) is 2. The average Bonchev–Trinajstić information content (AvgIpc) is 2.88. The Hall–Kier alpha value is -2.63. The van der Waals surface area contributed by atoms with Gasteiger partial charge >= 0.3 is 12.2 Å². The molecule has 240 valence electrons. The number of carbonyl (C=O) groups excluding carboxylic acids is 2.